The number of nitrogens with one attached hydrogen (secondary N) is 1. The number of halogens is 2. The second-order valence-corrected chi connectivity index (χ2v) is 6.18. The van der Waals surface area contributed by atoms with Crippen LogP contribution in [0.25, 0.3) is 10.8 Å². The molecular formula is C19H19F2N3O2. The lowest BCUT2D eigenvalue weighted by molar-refractivity contribution is 0.101. The second kappa shape index (κ2) is 7.11. The molecule has 7 heteroatoms. The summed E-state index contributed by atoms with van der Waals surface area (Å²) in [5.41, 5.74) is -0.158. The Morgan fingerprint density at radius 3 is 2.54 bits per heavy atom. The molecule has 0 fully saturated rings. The van der Waals surface area contributed by atoms with Gasteiger partial charge in [0.25, 0.3) is 12.3 Å². The van der Waals surface area contributed by atoms with Gasteiger partial charge in [0.05, 0.1) is 11.7 Å². The molecule has 1 amide bonds. The number of aromatic nitrogens is 2. The van der Waals surface area contributed by atoms with Gasteiger partial charge in [-0.2, -0.15) is 5.10 Å². The number of aryl methyl sites for hydroxylation is 1. The van der Waals surface area contributed by atoms with Crippen molar-refractivity contribution in [2.45, 2.75) is 26.4 Å². The van der Waals surface area contributed by atoms with Crippen LogP contribution in [0.4, 0.5) is 14.5 Å². The van der Waals surface area contributed by atoms with E-state index in [1.165, 1.54) is 17.9 Å². The van der Waals surface area contributed by atoms with E-state index in [0.29, 0.717) is 11.4 Å². The third-order valence-electron chi connectivity index (χ3n) is 3.80. The Hall–Kier alpha value is -2.96. The Bertz CT molecular complexity index is 951. The predicted octanol–water partition coefficient (Wildman–Crippen LogP) is 4.55. The summed E-state index contributed by atoms with van der Waals surface area (Å²) in [4.78, 5) is 12.5. The Balaban J connectivity index is 1.98. The first-order chi connectivity index (χ1) is 12.4. The third kappa shape index (κ3) is 3.51. The number of anilines is 1. The lowest BCUT2D eigenvalue weighted by Crippen LogP contribution is -2.14. The number of ether oxygens (including phenoxy) is 1. The third-order valence-corrected chi connectivity index (χ3v) is 3.80. The highest BCUT2D eigenvalue weighted by Gasteiger charge is 2.23. The Labute approximate surface area is 149 Å². The number of benzene rings is 2. The zero-order chi connectivity index (χ0) is 18.8. The minimum atomic E-state index is -2.82. The van der Waals surface area contributed by atoms with E-state index in [1.807, 2.05) is 38.1 Å². The van der Waals surface area contributed by atoms with Crippen LogP contribution >= 0.6 is 0 Å². The quantitative estimate of drug-likeness (QED) is 0.727. The Morgan fingerprint density at radius 1 is 1.15 bits per heavy atom. The summed E-state index contributed by atoms with van der Waals surface area (Å²) in [7, 11) is 1.50. The number of fused-ring (bicyclic) bond motifs is 1. The minimum Gasteiger partial charge on any atom is -0.490 e. The summed E-state index contributed by atoms with van der Waals surface area (Å²) in [6, 6.07) is 10.9. The molecule has 3 rings (SSSR count). The molecule has 0 saturated carbocycles. The second-order valence-electron chi connectivity index (χ2n) is 6.18. The van der Waals surface area contributed by atoms with Gasteiger partial charge < -0.3 is 10.1 Å². The van der Waals surface area contributed by atoms with E-state index in [4.69, 9.17) is 4.74 Å². The maximum absolute atomic E-state index is 13.1. The highest BCUT2D eigenvalue weighted by molar-refractivity contribution is 6.10. The summed E-state index contributed by atoms with van der Waals surface area (Å²) < 4.78 is 33.2. The molecule has 0 bridgehead atoms. The number of nitrogens with zero attached hydrogens (tertiary/aromatic N) is 2. The molecular weight excluding hydrogens is 340 g/mol. The molecule has 0 aliphatic rings. The minimum absolute atomic E-state index is 0.00263. The summed E-state index contributed by atoms with van der Waals surface area (Å²) in [6.07, 6.45) is -1.53. The molecule has 136 valence electrons. The van der Waals surface area contributed by atoms with Crippen LogP contribution in [-0.4, -0.2) is 21.8 Å². The topological polar surface area (TPSA) is 56.1 Å². The first kappa shape index (κ1) is 17.8. The molecule has 0 aliphatic heterocycles. The fourth-order valence-corrected chi connectivity index (χ4v) is 2.78. The molecule has 26 heavy (non-hydrogen) atoms. The molecule has 0 radical (unpaired) electrons. The SMILES string of the molecule is CC(C)Oc1cccc2c(NC(=O)c3cn(C)nc3C(F)F)cccc12. The number of carbonyl (C=O) groups excluding carboxylic acids is 1. The highest BCUT2D eigenvalue weighted by Crippen LogP contribution is 2.32. The van der Waals surface area contributed by atoms with Crippen LogP contribution in [0, 0.1) is 0 Å². The van der Waals surface area contributed by atoms with Crippen LogP contribution in [0.5, 0.6) is 5.75 Å². The van der Waals surface area contributed by atoms with Crippen LogP contribution < -0.4 is 10.1 Å². The van der Waals surface area contributed by atoms with Crippen molar-refractivity contribution in [1.82, 2.24) is 9.78 Å². The van der Waals surface area contributed by atoms with Crippen molar-refractivity contribution in [2.24, 2.45) is 7.05 Å². The van der Waals surface area contributed by atoms with E-state index in [9.17, 15) is 13.6 Å². The smallest absolute Gasteiger partial charge is 0.282 e. The van der Waals surface area contributed by atoms with Gasteiger partial charge in [-0.3, -0.25) is 9.48 Å². The largest absolute Gasteiger partial charge is 0.490 e. The van der Waals surface area contributed by atoms with Gasteiger partial charge in [0.2, 0.25) is 0 Å². The monoisotopic (exact) mass is 359 g/mol. The van der Waals surface area contributed by atoms with E-state index < -0.39 is 18.0 Å². The maximum atomic E-state index is 13.1. The Morgan fingerprint density at radius 2 is 1.85 bits per heavy atom. The summed E-state index contributed by atoms with van der Waals surface area (Å²) in [6.45, 7) is 3.86. The summed E-state index contributed by atoms with van der Waals surface area (Å²) >= 11 is 0. The van der Waals surface area contributed by atoms with Crippen LogP contribution in [0.3, 0.4) is 0 Å². The van der Waals surface area contributed by atoms with Crippen molar-refractivity contribution in [3.8, 4) is 5.75 Å². The van der Waals surface area contributed by atoms with Crippen LogP contribution in [0.1, 0.15) is 36.3 Å². The maximum Gasteiger partial charge on any atom is 0.282 e. The van der Waals surface area contributed by atoms with E-state index in [2.05, 4.69) is 10.4 Å². The van der Waals surface area contributed by atoms with E-state index in [0.717, 1.165) is 10.8 Å². The normalized spacial score (nSPS) is 11.3. The molecule has 5 nitrogen and oxygen atoms in total. The number of alkyl halides is 2. The van der Waals surface area contributed by atoms with Crippen molar-refractivity contribution < 1.29 is 18.3 Å². The number of carbonyl (C=O) groups is 1. The standard InChI is InChI=1S/C19H19F2N3O2/c1-11(2)26-16-9-5-6-12-13(16)7-4-8-15(12)22-19(25)14-10-24(3)23-17(14)18(20)21/h4-11,18H,1-3H3,(H,22,25). The molecule has 0 atom stereocenters. The molecule has 0 spiro atoms. The Kier molecular flexibility index (Phi) is 4.88. The summed E-state index contributed by atoms with van der Waals surface area (Å²) in [5, 5.41) is 7.97. The average Bonchev–Trinajstić information content (AvgIpc) is 2.97. The van der Waals surface area contributed by atoms with E-state index >= 15 is 0 Å². The highest BCUT2D eigenvalue weighted by atomic mass is 19.3. The lowest BCUT2D eigenvalue weighted by Gasteiger charge is -2.14. The van der Waals surface area contributed by atoms with Crippen molar-refractivity contribution in [3.05, 3.63) is 53.9 Å². The molecule has 1 N–H and O–H groups in total. The summed E-state index contributed by atoms with van der Waals surface area (Å²) in [5.74, 6) is 0.0688. The van der Waals surface area contributed by atoms with Gasteiger partial charge in [-0.05, 0) is 26.0 Å². The average molecular weight is 359 g/mol. The van der Waals surface area contributed by atoms with Gasteiger partial charge in [0, 0.05) is 29.7 Å². The lowest BCUT2D eigenvalue weighted by atomic mass is 10.1. The zero-order valence-electron chi connectivity index (χ0n) is 14.7. The molecule has 1 aromatic heterocycles. The van der Waals surface area contributed by atoms with E-state index in [1.54, 1.807) is 12.1 Å². The predicted molar refractivity (Wildman–Crippen MR) is 95.8 cm³/mol. The van der Waals surface area contributed by atoms with Crippen molar-refractivity contribution >= 4 is 22.4 Å². The number of rotatable bonds is 5. The molecule has 2 aromatic carbocycles. The van der Waals surface area contributed by atoms with Crippen LogP contribution in [0.2, 0.25) is 0 Å². The molecule has 3 aromatic rings. The number of hydrogen-bond donors (Lipinski definition) is 1. The van der Waals surface area contributed by atoms with Crippen LogP contribution in [-0.2, 0) is 7.05 Å². The van der Waals surface area contributed by atoms with Gasteiger partial charge in [-0.1, -0.05) is 24.3 Å². The molecule has 1 heterocycles. The van der Waals surface area contributed by atoms with Gasteiger partial charge in [-0.25, -0.2) is 8.78 Å². The van der Waals surface area contributed by atoms with Crippen molar-refractivity contribution in [1.29, 1.82) is 0 Å². The number of hydrogen-bond acceptors (Lipinski definition) is 3. The van der Waals surface area contributed by atoms with Crippen molar-refractivity contribution in [3.63, 3.8) is 0 Å². The first-order valence-corrected chi connectivity index (χ1v) is 8.18. The van der Waals surface area contributed by atoms with Gasteiger partial charge >= 0.3 is 0 Å². The zero-order valence-corrected chi connectivity index (χ0v) is 14.7. The van der Waals surface area contributed by atoms with Crippen LogP contribution in [0.15, 0.2) is 42.6 Å². The van der Waals surface area contributed by atoms with Gasteiger partial charge in [0.1, 0.15) is 11.4 Å². The molecule has 0 unspecified atom stereocenters. The van der Waals surface area contributed by atoms with Gasteiger partial charge in [0.15, 0.2) is 0 Å². The number of amides is 1. The fourth-order valence-electron chi connectivity index (χ4n) is 2.78. The molecule has 0 saturated heterocycles. The van der Waals surface area contributed by atoms with Crippen molar-refractivity contribution in [2.75, 3.05) is 5.32 Å². The first-order valence-electron chi connectivity index (χ1n) is 8.18. The van der Waals surface area contributed by atoms with Gasteiger partial charge in [-0.15, -0.1) is 0 Å². The fraction of sp³-hybridized carbons (Fsp3) is 0.263. The molecule has 0 aliphatic carbocycles. The van der Waals surface area contributed by atoms with E-state index in [-0.39, 0.29) is 11.7 Å².